The molecule has 0 aromatic heterocycles. The molecule has 0 aliphatic rings. The van der Waals surface area contributed by atoms with Crippen LogP contribution in [0.2, 0.25) is 0 Å². The first-order chi connectivity index (χ1) is 10.6. The maximum Gasteiger partial charge on any atom is 0.271 e. The van der Waals surface area contributed by atoms with Gasteiger partial charge in [0.25, 0.3) is 5.91 Å². The van der Waals surface area contributed by atoms with Crippen molar-refractivity contribution in [2.45, 2.75) is 0 Å². The fourth-order valence-electron chi connectivity index (χ4n) is 1.73. The number of carbonyl (C=O) groups is 1. The monoisotopic (exact) mass is 357 g/mol. The first-order valence-electron chi connectivity index (χ1n) is 6.31. The van der Waals surface area contributed by atoms with Crippen LogP contribution in [0, 0.1) is 11.3 Å². The molecule has 2 aromatic rings. The predicted molar refractivity (Wildman–Crippen MR) is 86.9 cm³/mol. The van der Waals surface area contributed by atoms with Gasteiger partial charge in [-0.15, -0.1) is 0 Å². The molecular weight excluding hydrogens is 346 g/mol. The third-order valence-electron chi connectivity index (χ3n) is 2.84. The summed E-state index contributed by atoms with van der Waals surface area (Å²) in [4.78, 5) is 11.9. The Bertz CT molecular complexity index is 749. The number of amides is 1. The van der Waals surface area contributed by atoms with Gasteiger partial charge < -0.3 is 4.74 Å². The number of ether oxygens (including phenoxy) is 1. The van der Waals surface area contributed by atoms with Gasteiger partial charge in [0.15, 0.2) is 0 Å². The number of nitrogens with zero attached hydrogens (tertiary/aromatic N) is 2. The number of hydrogen-bond donors (Lipinski definition) is 1. The lowest BCUT2D eigenvalue weighted by Crippen LogP contribution is -2.17. The molecule has 0 radical (unpaired) electrons. The van der Waals surface area contributed by atoms with E-state index in [0.717, 1.165) is 10.0 Å². The Morgan fingerprint density at radius 1 is 1.32 bits per heavy atom. The lowest BCUT2D eigenvalue weighted by Gasteiger charge is -2.04. The van der Waals surface area contributed by atoms with Crippen molar-refractivity contribution in [1.82, 2.24) is 5.43 Å². The van der Waals surface area contributed by atoms with Gasteiger partial charge in [0, 0.05) is 15.6 Å². The molecule has 0 fully saturated rings. The summed E-state index contributed by atoms with van der Waals surface area (Å²) in [6.45, 7) is 0. The molecule has 0 atom stereocenters. The predicted octanol–water partition coefficient (Wildman–Crippen LogP) is 3.09. The fourth-order valence-corrected chi connectivity index (χ4v) is 2.11. The summed E-state index contributed by atoms with van der Waals surface area (Å²) in [6, 6.07) is 13.8. The Balaban J connectivity index is 2.07. The Hall–Kier alpha value is -2.65. The number of hydrazone groups is 1. The molecule has 2 rings (SSSR count). The molecule has 0 heterocycles. The molecule has 5 nitrogen and oxygen atoms in total. The van der Waals surface area contributed by atoms with Crippen molar-refractivity contribution >= 4 is 28.1 Å². The zero-order valence-corrected chi connectivity index (χ0v) is 13.3. The van der Waals surface area contributed by atoms with E-state index in [1.54, 1.807) is 37.4 Å². The van der Waals surface area contributed by atoms with Gasteiger partial charge in [-0.2, -0.15) is 10.4 Å². The number of carbonyl (C=O) groups excluding carboxylic acids is 1. The first kappa shape index (κ1) is 15.7. The van der Waals surface area contributed by atoms with Crippen molar-refractivity contribution in [2.24, 2.45) is 5.10 Å². The molecule has 6 heteroatoms. The van der Waals surface area contributed by atoms with Crippen molar-refractivity contribution in [3.05, 3.63) is 63.6 Å². The van der Waals surface area contributed by atoms with Gasteiger partial charge in [0.1, 0.15) is 5.75 Å². The highest BCUT2D eigenvalue weighted by molar-refractivity contribution is 9.10. The van der Waals surface area contributed by atoms with Crippen molar-refractivity contribution in [3.63, 3.8) is 0 Å². The zero-order chi connectivity index (χ0) is 15.9. The zero-order valence-electron chi connectivity index (χ0n) is 11.7. The molecule has 0 spiro atoms. The third-order valence-corrected chi connectivity index (χ3v) is 3.33. The third kappa shape index (κ3) is 3.93. The van der Waals surface area contributed by atoms with Gasteiger partial charge in [0.2, 0.25) is 0 Å². The summed E-state index contributed by atoms with van der Waals surface area (Å²) in [5.41, 5.74) is 4.09. The smallest absolute Gasteiger partial charge is 0.271 e. The van der Waals surface area contributed by atoms with E-state index in [2.05, 4.69) is 26.5 Å². The quantitative estimate of drug-likeness (QED) is 0.674. The van der Waals surface area contributed by atoms with Gasteiger partial charge in [-0.25, -0.2) is 5.43 Å². The number of nitriles is 1. The van der Waals surface area contributed by atoms with Crippen molar-refractivity contribution < 1.29 is 9.53 Å². The number of benzene rings is 2. The van der Waals surface area contributed by atoms with Crippen LogP contribution in [0.25, 0.3) is 0 Å². The van der Waals surface area contributed by atoms with E-state index in [9.17, 15) is 4.79 Å². The lowest BCUT2D eigenvalue weighted by atomic mass is 10.1. The van der Waals surface area contributed by atoms with Crippen LogP contribution in [0.3, 0.4) is 0 Å². The number of halogens is 1. The van der Waals surface area contributed by atoms with E-state index in [0.29, 0.717) is 16.9 Å². The van der Waals surface area contributed by atoms with Crippen LogP contribution in [0.5, 0.6) is 5.75 Å². The van der Waals surface area contributed by atoms with E-state index < -0.39 is 0 Å². The number of hydrogen-bond acceptors (Lipinski definition) is 4. The Labute approximate surface area is 136 Å². The highest BCUT2D eigenvalue weighted by Crippen LogP contribution is 2.21. The first-order valence-corrected chi connectivity index (χ1v) is 7.10. The number of nitrogens with one attached hydrogen (secondary N) is 1. The van der Waals surface area contributed by atoms with Crippen LogP contribution >= 0.6 is 15.9 Å². The minimum Gasteiger partial charge on any atom is -0.496 e. The normalized spacial score (nSPS) is 10.2. The van der Waals surface area contributed by atoms with E-state index >= 15 is 0 Å². The van der Waals surface area contributed by atoms with Gasteiger partial charge >= 0.3 is 0 Å². The molecule has 0 unspecified atom stereocenters. The fraction of sp³-hybridized carbons (Fsp3) is 0.0625. The van der Waals surface area contributed by atoms with Gasteiger partial charge in [0.05, 0.1) is 25.0 Å². The van der Waals surface area contributed by atoms with Crippen LogP contribution in [-0.2, 0) is 0 Å². The molecule has 1 N–H and O–H groups in total. The number of methoxy groups -OCH3 is 1. The summed E-state index contributed by atoms with van der Waals surface area (Å²) in [7, 11) is 1.57. The van der Waals surface area contributed by atoms with Crippen LogP contribution in [0.15, 0.2) is 52.0 Å². The maximum absolute atomic E-state index is 11.9. The summed E-state index contributed by atoms with van der Waals surface area (Å²) < 4.78 is 6.10. The minimum atomic E-state index is -0.352. The lowest BCUT2D eigenvalue weighted by molar-refractivity contribution is 0.0955. The van der Waals surface area contributed by atoms with Crippen molar-refractivity contribution in [2.75, 3.05) is 7.11 Å². The van der Waals surface area contributed by atoms with Crippen molar-refractivity contribution in [3.8, 4) is 11.8 Å². The molecule has 0 aliphatic heterocycles. The van der Waals surface area contributed by atoms with E-state index in [1.807, 2.05) is 18.2 Å². The summed E-state index contributed by atoms with van der Waals surface area (Å²) in [5.74, 6) is 0.300. The molecular formula is C16H12BrN3O2. The molecule has 1 amide bonds. The SMILES string of the molecule is COc1ccc(Br)cc1/C=N\NC(=O)c1ccc(C#N)cc1. The Kier molecular flexibility index (Phi) is 5.28. The second-order valence-electron chi connectivity index (χ2n) is 4.27. The van der Waals surface area contributed by atoms with Crippen molar-refractivity contribution in [1.29, 1.82) is 5.26 Å². The highest BCUT2D eigenvalue weighted by Gasteiger charge is 2.04. The minimum absolute atomic E-state index is 0.352. The molecule has 0 bridgehead atoms. The second-order valence-corrected chi connectivity index (χ2v) is 5.19. The molecule has 22 heavy (non-hydrogen) atoms. The highest BCUT2D eigenvalue weighted by atomic mass is 79.9. The van der Waals surface area contributed by atoms with Gasteiger partial charge in [-0.1, -0.05) is 15.9 Å². The van der Waals surface area contributed by atoms with Crippen LogP contribution in [0.1, 0.15) is 21.5 Å². The van der Waals surface area contributed by atoms with E-state index in [4.69, 9.17) is 10.00 Å². The Morgan fingerprint density at radius 3 is 2.68 bits per heavy atom. The van der Waals surface area contributed by atoms with Crippen LogP contribution in [0.4, 0.5) is 0 Å². The largest absolute Gasteiger partial charge is 0.496 e. The summed E-state index contributed by atoms with van der Waals surface area (Å²) in [6.07, 6.45) is 1.51. The van der Waals surface area contributed by atoms with Crippen LogP contribution < -0.4 is 10.2 Å². The maximum atomic E-state index is 11.9. The van der Waals surface area contributed by atoms with Gasteiger partial charge in [-0.05, 0) is 42.5 Å². The number of rotatable bonds is 4. The second kappa shape index (κ2) is 7.38. The van der Waals surface area contributed by atoms with E-state index in [-0.39, 0.29) is 5.91 Å². The Morgan fingerprint density at radius 2 is 2.05 bits per heavy atom. The molecule has 2 aromatic carbocycles. The topological polar surface area (TPSA) is 74.5 Å². The average Bonchev–Trinajstić information content (AvgIpc) is 2.55. The molecule has 0 aliphatic carbocycles. The average molecular weight is 358 g/mol. The molecule has 110 valence electrons. The molecule has 0 saturated carbocycles. The van der Waals surface area contributed by atoms with Crippen LogP contribution in [-0.4, -0.2) is 19.2 Å². The summed E-state index contributed by atoms with van der Waals surface area (Å²) in [5, 5.41) is 12.6. The standard InChI is InChI=1S/C16H12BrN3O2/c1-22-15-7-6-14(17)8-13(15)10-19-20-16(21)12-4-2-11(9-18)3-5-12/h2-8,10H,1H3,(H,20,21)/b19-10-. The van der Waals surface area contributed by atoms with E-state index in [1.165, 1.54) is 6.21 Å². The summed E-state index contributed by atoms with van der Waals surface area (Å²) >= 11 is 3.37. The van der Waals surface area contributed by atoms with Gasteiger partial charge in [-0.3, -0.25) is 4.79 Å². The molecule has 0 saturated heterocycles.